The monoisotopic (exact) mass is 1170 g/mol. The Morgan fingerprint density at radius 2 is 0.947 bits per heavy atom. The lowest BCUT2D eigenvalue weighted by Crippen LogP contribution is -2.38. The average molecular weight is 1180 g/mol. The molecule has 0 unspecified atom stereocenters. The van der Waals surface area contributed by atoms with Crippen LogP contribution in [0, 0.1) is 0 Å². The molecule has 7 aromatic heterocycles. The fourth-order valence-corrected chi connectivity index (χ4v) is 5.50. The number of alkyl halides is 6. The van der Waals surface area contributed by atoms with Gasteiger partial charge in [-0.05, 0) is 85.6 Å². The van der Waals surface area contributed by atoms with Crippen molar-refractivity contribution in [3.8, 4) is 34.6 Å². The predicted octanol–water partition coefficient (Wildman–Crippen LogP) is 7.63. The van der Waals surface area contributed by atoms with E-state index >= 15 is 0 Å². The van der Waals surface area contributed by atoms with E-state index in [4.69, 9.17) is 69.6 Å². The number of hydrogen-bond acceptors (Lipinski definition) is 19. The number of H-pyrrole nitrogens is 2. The van der Waals surface area contributed by atoms with Crippen molar-refractivity contribution < 1.29 is 45.5 Å². The zero-order chi connectivity index (χ0) is 56.2. The number of pyridine rings is 4. The molecule has 0 radical (unpaired) electrons. The SMILES string of the molecule is COC(=O)c1cccc(Cl)n1.C[C@@H](Nc1nc(N[C@H](C)C(F)(F)F)nc(-c2cccc(Cl)n2)n1)C(F)(F)F.Clc1cccc(-c2nc(Cl)nc(Cl)n2)n1.NC(=O)NC(N)=O.O=c1nc(-c2cccc(Cl)n2)[nH]c(=O)[nH]1. The molecule has 4 amide bonds. The van der Waals surface area contributed by atoms with E-state index in [1.54, 1.807) is 53.8 Å². The highest BCUT2D eigenvalue weighted by molar-refractivity contribution is 6.31. The Balaban J connectivity index is 0.000000265. The predicted molar refractivity (Wildman–Crippen MR) is 261 cm³/mol. The van der Waals surface area contributed by atoms with Crippen molar-refractivity contribution >= 4 is 99.5 Å². The lowest BCUT2D eigenvalue weighted by Gasteiger charge is -2.20. The van der Waals surface area contributed by atoms with Crippen molar-refractivity contribution in [1.29, 1.82) is 0 Å². The molecule has 9 N–H and O–H groups in total. The standard InChI is InChI=1S/C14H13ClF6N6.C8H3Cl3N4.C8H5ClN4O2.C7H6ClNO2.C2H5N3O2/c1-6(13(16,17)18)22-11-25-10(8-4-3-5-9(15)24-8)26-12(27-11)23-7(2)14(19,20)21;9-5-3-1-2-4(12-5)6-13-7(10)15-8(11)14-6;9-5-3-1-2-4(10-5)6-11-7(14)13-8(15)12-6;1-11-7(10)5-3-2-4-6(8)9-5;3-1(6)5-2(4)7/h3-7H,1-2H3,(H2,22,23,25,26,27);1-3H;1-3H,(H2,11,12,13,14,15);2-4H,1H3;(H5,3,4,5,6,7)/t6-,7-;;;;/m1..../s1. The first-order valence-electron chi connectivity index (χ1n) is 19.7. The van der Waals surface area contributed by atoms with Crippen molar-refractivity contribution in [2.45, 2.75) is 38.3 Å². The molecule has 0 aliphatic carbocycles. The number of methoxy groups -OCH3 is 1. The van der Waals surface area contributed by atoms with Gasteiger partial charge in [-0.1, -0.05) is 70.7 Å². The minimum Gasteiger partial charge on any atom is -0.464 e. The number of nitrogens with one attached hydrogen (secondary N) is 5. The van der Waals surface area contributed by atoms with Crippen LogP contribution < -0.4 is 38.8 Å². The fraction of sp³-hybridized carbons (Fsp3) is 0.179. The third-order valence-electron chi connectivity index (χ3n) is 7.76. The van der Waals surface area contributed by atoms with E-state index in [-0.39, 0.29) is 49.1 Å². The van der Waals surface area contributed by atoms with Crippen LogP contribution >= 0.6 is 69.6 Å². The molecular weight excluding hydrogens is 1140 g/mol. The summed E-state index contributed by atoms with van der Waals surface area (Å²) in [5.74, 6) is -1.48. The van der Waals surface area contributed by atoms with E-state index in [1.165, 1.54) is 31.4 Å². The number of amides is 4. The van der Waals surface area contributed by atoms with E-state index in [2.05, 4.69) is 76.0 Å². The zero-order valence-electron chi connectivity index (χ0n) is 37.6. The van der Waals surface area contributed by atoms with Crippen molar-refractivity contribution in [2.75, 3.05) is 17.7 Å². The Hall–Kier alpha value is -7.64. The highest BCUT2D eigenvalue weighted by Gasteiger charge is 2.38. The summed E-state index contributed by atoms with van der Waals surface area (Å²) in [5.41, 5.74) is 8.63. The fourth-order valence-electron chi connectivity index (χ4n) is 4.48. The first-order valence-corrected chi connectivity index (χ1v) is 22.0. The number of esters is 1. The Bertz CT molecular complexity index is 3100. The Morgan fingerprint density at radius 3 is 1.32 bits per heavy atom. The number of imide groups is 1. The number of carbonyl (C=O) groups excluding carboxylic acids is 3. The van der Waals surface area contributed by atoms with Gasteiger partial charge in [-0.25, -0.2) is 43.9 Å². The molecule has 398 valence electrons. The number of hydrogen-bond donors (Lipinski definition) is 7. The molecule has 7 rings (SSSR count). The molecule has 0 saturated heterocycles. The number of nitrogens with two attached hydrogens (primary N) is 2. The number of rotatable bonds is 8. The Kier molecular flexibility index (Phi) is 23.6. The van der Waals surface area contributed by atoms with Gasteiger partial charge in [-0.3, -0.25) is 15.3 Å². The maximum atomic E-state index is 12.8. The molecule has 0 saturated carbocycles. The molecular formula is C39H32Cl6F6N18O6. The first-order chi connectivity index (χ1) is 35.0. The van der Waals surface area contributed by atoms with Crippen LogP contribution in [0.4, 0.5) is 47.8 Å². The van der Waals surface area contributed by atoms with E-state index in [0.717, 1.165) is 13.8 Å². The Labute approximate surface area is 445 Å². The number of urea groups is 2. The lowest BCUT2D eigenvalue weighted by molar-refractivity contribution is -0.139. The third-order valence-corrected chi connectivity index (χ3v) is 8.94. The molecule has 7 aromatic rings. The van der Waals surface area contributed by atoms with Crippen molar-refractivity contribution in [3.05, 3.63) is 131 Å². The van der Waals surface area contributed by atoms with Gasteiger partial charge < -0.3 is 26.8 Å². The van der Waals surface area contributed by atoms with Crippen LogP contribution in [-0.4, -0.2) is 114 Å². The number of aromatic amines is 2. The van der Waals surface area contributed by atoms with Crippen molar-refractivity contribution in [1.82, 2.24) is 70.1 Å². The molecule has 0 aromatic carbocycles. The molecule has 2 atom stereocenters. The minimum absolute atomic E-state index is 0.0202. The summed E-state index contributed by atoms with van der Waals surface area (Å²) in [7, 11) is 1.30. The van der Waals surface area contributed by atoms with Crippen LogP contribution in [0.15, 0.2) is 82.4 Å². The number of carbonyl (C=O) groups is 3. The maximum Gasteiger partial charge on any atom is 0.408 e. The summed E-state index contributed by atoms with van der Waals surface area (Å²) in [4.78, 5) is 97.9. The molecule has 0 aliphatic rings. The quantitative estimate of drug-likeness (QED) is 0.0436. The molecule has 7 heterocycles. The van der Waals surface area contributed by atoms with Gasteiger partial charge in [0.25, 0.3) is 0 Å². The van der Waals surface area contributed by atoms with Gasteiger partial charge in [0.2, 0.25) is 22.5 Å². The van der Waals surface area contributed by atoms with Crippen molar-refractivity contribution in [3.63, 3.8) is 0 Å². The number of halogens is 12. The molecule has 0 fully saturated rings. The second-order valence-electron chi connectivity index (χ2n) is 13.4. The van der Waals surface area contributed by atoms with Crippen molar-refractivity contribution in [2.24, 2.45) is 11.5 Å². The van der Waals surface area contributed by atoms with Crippen LogP contribution in [0.1, 0.15) is 24.3 Å². The summed E-state index contributed by atoms with van der Waals surface area (Å²) in [6, 6.07) is 13.0. The van der Waals surface area contributed by atoms with Crippen LogP contribution in [0.5, 0.6) is 0 Å². The first kappa shape index (κ1) is 61.7. The summed E-state index contributed by atoms with van der Waals surface area (Å²) in [6.45, 7) is 1.62. The molecule has 0 aliphatic heterocycles. The lowest BCUT2D eigenvalue weighted by atomic mass is 10.3. The van der Waals surface area contributed by atoms with Crippen LogP contribution in [0.3, 0.4) is 0 Å². The van der Waals surface area contributed by atoms with Gasteiger partial charge in [0.05, 0.1) is 7.11 Å². The molecule has 0 bridgehead atoms. The number of anilines is 2. The highest BCUT2D eigenvalue weighted by Crippen LogP contribution is 2.26. The Morgan fingerprint density at radius 1 is 0.547 bits per heavy atom. The number of primary amides is 2. The van der Waals surface area contributed by atoms with Crippen LogP contribution in [0.25, 0.3) is 34.6 Å². The molecule has 75 heavy (non-hydrogen) atoms. The van der Waals surface area contributed by atoms with E-state index in [9.17, 15) is 50.3 Å². The van der Waals surface area contributed by atoms with Gasteiger partial charge in [0.1, 0.15) is 55.5 Å². The van der Waals surface area contributed by atoms with Gasteiger partial charge in [0.15, 0.2) is 17.5 Å². The van der Waals surface area contributed by atoms with Crippen LogP contribution in [0.2, 0.25) is 31.2 Å². The number of ether oxygens (including phenoxy) is 1. The minimum atomic E-state index is -4.62. The summed E-state index contributed by atoms with van der Waals surface area (Å²) >= 11 is 33.9. The summed E-state index contributed by atoms with van der Waals surface area (Å²) < 4.78 is 80.9. The maximum absolute atomic E-state index is 12.8. The number of nitrogens with zero attached hydrogens (tertiary/aromatic N) is 11. The topological polar surface area (TPSA) is 356 Å². The largest absolute Gasteiger partial charge is 0.464 e. The van der Waals surface area contributed by atoms with Gasteiger partial charge in [-0.15, -0.1) is 0 Å². The molecule has 0 spiro atoms. The molecule has 24 nitrogen and oxygen atoms in total. The van der Waals surface area contributed by atoms with Crippen LogP contribution in [-0.2, 0) is 4.74 Å². The van der Waals surface area contributed by atoms with E-state index < -0.39 is 65.7 Å². The zero-order valence-corrected chi connectivity index (χ0v) is 42.2. The summed E-state index contributed by atoms with van der Waals surface area (Å²) in [6.07, 6.45) is -9.23. The second-order valence-corrected chi connectivity index (χ2v) is 15.6. The van der Waals surface area contributed by atoms with Gasteiger partial charge in [0, 0.05) is 0 Å². The van der Waals surface area contributed by atoms with Gasteiger partial charge in [-0.2, -0.15) is 61.2 Å². The second kappa shape index (κ2) is 28.7. The van der Waals surface area contributed by atoms with E-state index in [0.29, 0.717) is 22.4 Å². The highest BCUT2D eigenvalue weighted by atomic mass is 35.5. The third kappa shape index (κ3) is 22.6. The molecule has 36 heteroatoms. The smallest absolute Gasteiger partial charge is 0.408 e. The average Bonchev–Trinajstić information content (AvgIpc) is 3.30. The van der Waals surface area contributed by atoms with Gasteiger partial charge >= 0.3 is 41.8 Å². The number of aromatic nitrogens is 13. The summed E-state index contributed by atoms with van der Waals surface area (Å²) in [5, 5.41) is 6.54. The van der Waals surface area contributed by atoms with E-state index in [1.807, 2.05) is 15.6 Å². The normalized spacial score (nSPS) is 11.4.